The third-order valence-electron chi connectivity index (χ3n) is 3.01. The molecule has 0 aromatic heterocycles. The molecule has 2 rings (SSSR count). The topological polar surface area (TPSA) is 32.3 Å². The number of piperidine rings is 1. The smallest absolute Gasteiger partial charge is 0.244 e. The van der Waals surface area contributed by atoms with E-state index in [9.17, 15) is 4.79 Å². The Morgan fingerprint density at radius 2 is 2.35 bits per heavy atom. The van der Waals surface area contributed by atoms with Crippen LogP contribution in [-0.2, 0) is 4.79 Å². The minimum atomic E-state index is -0.00776. The molecule has 1 amide bonds. The molecule has 1 aliphatic rings. The molecule has 1 unspecified atom stereocenters. The summed E-state index contributed by atoms with van der Waals surface area (Å²) < 4.78 is 1.17. The first kappa shape index (κ1) is 12.8. The number of carbonyl (C=O) groups is 1. The molecule has 17 heavy (non-hydrogen) atoms. The fraction of sp³-hybridized carbons (Fsp3) is 0.462. The van der Waals surface area contributed by atoms with Crippen molar-refractivity contribution in [3.05, 3.63) is 27.8 Å². The average Bonchev–Trinajstić information content (AvgIpc) is 2.32. The predicted octanol–water partition coefficient (Wildman–Crippen LogP) is 2.40. The largest absolute Gasteiger partial charge is 0.311 e. The van der Waals surface area contributed by atoms with Gasteiger partial charge >= 0.3 is 0 Å². The summed E-state index contributed by atoms with van der Waals surface area (Å²) >= 11 is 2.28. The first-order valence-electron chi connectivity index (χ1n) is 6.02. The molecule has 1 atom stereocenters. The van der Waals surface area contributed by atoms with E-state index in [4.69, 9.17) is 0 Å². The summed E-state index contributed by atoms with van der Waals surface area (Å²) in [5.74, 6) is 0.208. The Morgan fingerprint density at radius 1 is 1.53 bits per heavy atom. The number of rotatable bonds is 3. The van der Waals surface area contributed by atoms with Crippen LogP contribution in [0, 0.1) is 3.57 Å². The quantitative estimate of drug-likeness (QED) is 0.854. The second-order valence-electron chi connectivity index (χ2n) is 4.22. The zero-order chi connectivity index (χ0) is 12.3. The van der Waals surface area contributed by atoms with Crippen molar-refractivity contribution in [2.45, 2.75) is 25.8 Å². The number of anilines is 1. The van der Waals surface area contributed by atoms with Crippen molar-refractivity contribution in [2.75, 3.05) is 18.0 Å². The molecule has 0 aliphatic carbocycles. The van der Waals surface area contributed by atoms with E-state index in [1.807, 2.05) is 30.0 Å². The van der Waals surface area contributed by atoms with E-state index in [0.29, 0.717) is 0 Å². The van der Waals surface area contributed by atoms with Gasteiger partial charge in [0.15, 0.2) is 0 Å². The van der Waals surface area contributed by atoms with E-state index < -0.39 is 0 Å². The van der Waals surface area contributed by atoms with Gasteiger partial charge < -0.3 is 10.2 Å². The van der Waals surface area contributed by atoms with Crippen LogP contribution in [0.2, 0.25) is 0 Å². The zero-order valence-corrected chi connectivity index (χ0v) is 12.1. The number of halogens is 1. The Kier molecular flexibility index (Phi) is 4.39. The van der Waals surface area contributed by atoms with E-state index in [0.717, 1.165) is 31.6 Å². The number of hydrogen-bond acceptors (Lipinski definition) is 2. The van der Waals surface area contributed by atoms with E-state index in [1.54, 1.807) is 0 Å². The summed E-state index contributed by atoms with van der Waals surface area (Å²) in [6.07, 6.45) is 2.02. The fourth-order valence-corrected chi connectivity index (χ4v) is 2.74. The molecule has 92 valence electrons. The van der Waals surface area contributed by atoms with Crippen LogP contribution in [0.15, 0.2) is 24.3 Å². The normalized spacial score (nSPS) is 20.7. The third-order valence-corrected chi connectivity index (χ3v) is 3.68. The highest BCUT2D eigenvalue weighted by Gasteiger charge is 2.28. The molecule has 1 aliphatic heterocycles. The van der Waals surface area contributed by atoms with E-state index in [1.165, 1.54) is 3.57 Å². The van der Waals surface area contributed by atoms with Crippen LogP contribution in [0.4, 0.5) is 5.69 Å². The van der Waals surface area contributed by atoms with Crippen molar-refractivity contribution in [1.82, 2.24) is 5.32 Å². The third kappa shape index (κ3) is 2.98. The lowest BCUT2D eigenvalue weighted by Crippen LogP contribution is -2.50. The monoisotopic (exact) mass is 344 g/mol. The van der Waals surface area contributed by atoms with Gasteiger partial charge in [-0.3, -0.25) is 4.79 Å². The Labute approximate surface area is 116 Å². The van der Waals surface area contributed by atoms with Gasteiger partial charge in [0.1, 0.15) is 0 Å². The van der Waals surface area contributed by atoms with Gasteiger partial charge in [-0.2, -0.15) is 0 Å². The molecular weight excluding hydrogens is 327 g/mol. The van der Waals surface area contributed by atoms with Crippen molar-refractivity contribution >= 4 is 34.2 Å². The number of hydrogen-bond donors (Lipinski definition) is 1. The maximum Gasteiger partial charge on any atom is 0.244 e. The molecule has 4 heteroatoms. The molecule has 0 bridgehead atoms. The summed E-state index contributed by atoms with van der Waals surface area (Å²) in [6, 6.07) is 8.11. The van der Waals surface area contributed by atoms with Gasteiger partial charge in [-0.15, -0.1) is 0 Å². The summed E-state index contributed by atoms with van der Waals surface area (Å²) in [6.45, 7) is 3.72. The van der Waals surface area contributed by atoms with Gasteiger partial charge in [0.25, 0.3) is 0 Å². The van der Waals surface area contributed by atoms with Gasteiger partial charge in [-0.1, -0.05) is 13.0 Å². The van der Waals surface area contributed by atoms with Crippen molar-refractivity contribution in [2.24, 2.45) is 0 Å². The van der Waals surface area contributed by atoms with Crippen LogP contribution >= 0.6 is 22.6 Å². The van der Waals surface area contributed by atoms with Crippen LogP contribution in [-0.4, -0.2) is 25.0 Å². The Bertz CT molecular complexity index is 406. The molecule has 1 N–H and O–H groups in total. The van der Waals surface area contributed by atoms with Gasteiger partial charge in [0, 0.05) is 15.8 Å². The highest BCUT2D eigenvalue weighted by molar-refractivity contribution is 14.1. The molecule has 0 radical (unpaired) electrons. The molecule has 1 aromatic carbocycles. The molecule has 1 aromatic rings. The number of benzene rings is 1. The minimum absolute atomic E-state index is 0.00776. The lowest BCUT2D eigenvalue weighted by molar-refractivity contribution is -0.121. The molecular formula is C13H17IN2O. The molecule has 0 spiro atoms. The fourth-order valence-electron chi connectivity index (χ4n) is 2.21. The van der Waals surface area contributed by atoms with Crippen LogP contribution in [0.25, 0.3) is 0 Å². The Hall–Kier alpha value is -0.620. The molecule has 3 nitrogen and oxygen atoms in total. The van der Waals surface area contributed by atoms with Crippen molar-refractivity contribution in [3.8, 4) is 0 Å². The standard InChI is InChI=1S/C13H17IN2O/c1-2-15-12-7-4-8-16(13(12)17)11-6-3-5-10(14)9-11/h3,5-6,9,12,15H,2,4,7-8H2,1H3. The summed E-state index contributed by atoms with van der Waals surface area (Å²) in [4.78, 5) is 14.2. The molecule has 0 saturated carbocycles. The first-order chi connectivity index (χ1) is 8.22. The zero-order valence-electron chi connectivity index (χ0n) is 9.95. The summed E-state index contributed by atoms with van der Waals surface area (Å²) in [5.41, 5.74) is 1.02. The highest BCUT2D eigenvalue weighted by Crippen LogP contribution is 2.22. The van der Waals surface area contributed by atoms with Gasteiger partial charge in [0.05, 0.1) is 6.04 Å². The van der Waals surface area contributed by atoms with E-state index in [-0.39, 0.29) is 11.9 Å². The van der Waals surface area contributed by atoms with Crippen LogP contribution in [0.5, 0.6) is 0 Å². The van der Waals surface area contributed by atoms with Crippen LogP contribution in [0.1, 0.15) is 19.8 Å². The van der Waals surface area contributed by atoms with Crippen LogP contribution in [0.3, 0.4) is 0 Å². The number of likely N-dealkylation sites (N-methyl/N-ethyl adjacent to an activating group) is 1. The van der Waals surface area contributed by atoms with Crippen molar-refractivity contribution < 1.29 is 4.79 Å². The van der Waals surface area contributed by atoms with Gasteiger partial charge in [-0.25, -0.2) is 0 Å². The first-order valence-corrected chi connectivity index (χ1v) is 7.10. The van der Waals surface area contributed by atoms with E-state index in [2.05, 4.69) is 34.0 Å². The molecule has 1 fully saturated rings. The number of nitrogens with zero attached hydrogens (tertiary/aromatic N) is 1. The van der Waals surface area contributed by atoms with Crippen molar-refractivity contribution in [3.63, 3.8) is 0 Å². The Morgan fingerprint density at radius 3 is 3.06 bits per heavy atom. The second kappa shape index (κ2) is 5.82. The van der Waals surface area contributed by atoms with Crippen molar-refractivity contribution in [1.29, 1.82) is 0 Å². The summed E-state index contributed by atoms with van der Waals surface area (Å²) in [5, 5.41) is 3.26. The lowest BCUT2D eigenvalue weighted by atomic mass is 10.0. The second-order valence-corrected chi connectivity index (χ2v) is 5.47. The SMILES string of the molecule is CCNC1CCCN(c2cccc(I)c2)C1=O. The maximum absolute atomic E-state index is 12.3. The summed E-state index contributed by atoms with van der Waals surface area (Å²) in [7, 11) is 0. The number of carbonyl (C=O) groups excluding carboxylic acids is 1. The number of amides is 1. The van der Waals surface area contributed by atoms with E-state index >= 15 is 0 Å². The Balaban J connectivity index is 2.17. The maximum atomic E-state index is 12.3. The average molecular weight is 344 g/mol. The molecule has 1 heterocycles. The highest BCUT2D eigenvalue weighted by atomic mass is 127. The number of nitrogens with one attached hydrogen (secondary N) is 1. The predicted molar refractivity (Wildman–Crippen MR) is 78.2 cm³/mol. The lowest BCUT2D eigenvalue weighted by Gasteiger charge is -2.32. The minimum Gasteiger partial charge on any atom is -0.311 e. The van der Waals surface area contributed by atoms with Gasteiger partial charge in [-0.05, 0) is 60.2 Å². The van der Waals surface area contributed by atoms with Crippen LogP contribution < -0.4 is 10.2 Å². The molecule has 1 saturated heterocycles. The van der Waals surface area contributed by atoms with Gasteiger partial charge in [0.2, 0.25) is 5.91 Å².